The Kier molecular flexibility index (Phi) is 2.00. The van der Waals surface area contributed by atoms with E-state index in [4.69, 9.17) is 5.11 Å². The van der Waals surface area contributed by atoms with E-state index in [1.807, 2.05) is 19.9 Å². The Bertz CT molecular complexity index is 409. The zero-order valence-electron chi connectivity index (χ0n) is 8.77. The van der Waals surface area contributed by atoms with Gasteiger partial charge in [0.1, 0.15) is 5.75 Å². The summed E-state index contributed by atoms with van der Waals surface area (Å²) in [5, 5.41) is 18.7. The summed E-state index contributed by atoms with van der Waals surface area (Å²) in [7, 11) is 0. The molecular weight excluding hydrogens is 192 g/mol. The summed E-state index contributed by atoms with van der Waals surface area (Å²) in [5.41, 5.74) is 0.486. The monoisotopic (exact) mass is 206 g/mol. The van der Waals surface area contributed by atoms with E-state index in [1.54, 1.807) is 18.2 Å². The first-order valence-corrected chi connectivity index (χ1v) is 4.97. The van der Waals surface area contributed by atoms with Crippen LogP contribution in [0.5, 0.6) is 5.75 Å². The molecule has 3 heteroatoms. The minimum atomic E-state index is -0.784. The van der Waals surface area contributed by atoms with Gasteiger partial charge in [0.15, 0.2) is 0 Å². The Morgan fingerprint density at radius 3 is 2.40 bits per heavy atom. The largest absolute Gasteiger partial charge is 0.508 e. The molecule has 0 amide bonds. The van der Waals surface area contributed by atoms with Crippen molar-refractivity contribution in [1.29, 1.82) is 0 Å². The molecule has 0 bridgehead atoms. The van der Waals surface area contributed by atoms with Gasteiger partial charge in [0.2, 0.25) is 0 Å². The molecule has 0 heterocycles. The molecule has 15 heavy (non-hydrogen) atoms. The van der Waals surface area contributed by atoms with Crippen LogP contribution in [0.4, 0.5) is 0 Å². The van der Waals surface area contributed by atoms with Crippen molar-refractivity contribution in [1.82, 2.24) is 0 Å². The Morgan fingerprint density at radius 2 is 1.93 bits per heavy atom. The lowest BCUT2D eigenvalue weighted by atomic mass is 10.0. The van der Waals surface area contributed by atoms with Gasteiger partial charge in [-0.15, -0.1) is 0 Å². The smallest absolute Gasteiger partial charge is 0.307 e. The first-order chi connectivity index (χ1) is 6.96. The third-order valence-electron chi connectivity index (χ3n) is 3.37. The number of carbonyl (C=O) groups is 1. The molecule has 0 spiro atoms. The number of aliphatic carboxylic acids is 1. The number of carboxylic acid groups (broad SMARTS) is 1. The van der Waals surface area contributed by atoms with E-state index in [-0.39, 0.29) is 23.0 Å². The van der Waals surface area contributed by atoms with Gasteiger partial charge in [-0.1, -0.05) is 32.0 Å². The number of aromatic hydroxyl groups is 1. The number of phenols is 1. The lowest BCUT2D eigenvalue weighted by molar-refractivity contribution is -0.139. The number of carboxylic acids is 1. The summed E-state index contributed by atoms with van der Waals surface area (Å²) in [5.74, 6) is -1.05. The second kappa shape index (κ2) is 2.99. The maximum absolute atomic E-state index is 11.0. The van der Waals surface area contributed by atoms with Crippen molar-refractivity contribution in [2.45, 2.75) is 19.8 Å². The topological polar surface area (TPSA) is 57.5 Å². The predicted molar refractivity (Wildman–Crippen MR) is 55.8 cm³/mol. The van der Waals surface area contributed by atoms with Gasteiger partial charge >= 0.3 is 5.97 Å². The van der Waals surface area contributed by atoms with E-state index < -0.39 is 5.97 Å². The highest BCUT2D eigenvalue weighted by Crippen LogP contribution is 2.65. The molecule has 80 valence electrons. The third-order valence-corrected chi connectivity index (χ3v) is 3.37. The van der Waals surface area contributed by atoms with Gasteiger partial charge < -0.3 is 10.2 Å². The predicted octanol–water partition coefficient (Wildman–Crippen LogP) is 2.22. The fourth-order valence-electron chi connectivity index (χ4n) is 2.43. The highest BCUT2D eigenvalue weighted by atomic mass is 16.4. The number of phenolic OH excluding ortho intramolecular Hbond substituents is 1. The maximum atomic E-state index is 11.0. The van der Waals surface area contributed by atoms with Crippen LogP contribution in [0.15, 0.2) is 24.3 Å². The summed E-state index contributed by atoms with van der Waals surface area (Å²) in [6.45, 7) is 3.84. The van der Waals surface area contributed by atoms with Crippen LogP contribution in [0.3, 0.4) is 0 Å². The van der Waals surface area contributed by atoms with Gasteiger partial charge in [-0.3, -0.25) is 4.79 Å². The van der Waals surface area contributed by atoms with Crippen LogP contribution in [0, 0.1) is 11.3 Å². The average molecular weight is 206 g/mol. The van der Waals surface area contributed by atoms with Crippen molar-refractivity contribution in [2.75, 3.05) is 0 Å². The van der Waals surface area contributed by atoms with Gasteiger partial charge in [-0.25, -0.2) is 0 Å². The van der Waals surface area contributed by atoms with Crippen LogP contribution in [0.2, 0.25) is 0 Å². The first kappa shape index (κ1) is 10.0. The van der Waals surface area contributed by atoms with Gasteiger partial charge in [0, 0.05) is 5.92 Å². The molecule has 1 saturated carbocycles. The Morgan fingerprint density at radius 1 is 1.33 bits per heavy atom. The van der Waals surface area contributed by atoms with Crippen LogP contribution in [0.25, 0.3) is 0 Å². The minimum Gasteiger partial charge on any atom is -0.508 e. The third kappa shape index (κ3) is 1.39. The van der Waals surface area contributed by atoms with Crippen LogP contribution >= 0.6 is 0 Å². The second-order valence-electron chi connectivity index (χ2n) is 4.67. The van der Waals surface area contributed by atoms with Gasteiger partial charge in [0.05, 0.1) is 5.92 Å². The number of rotatable bonds is 2. The fourth-order valence-corrected chi connectivity index (χ4v) is 2.43. The molecule has 0 aromatic heterocycles. The van der Waals surface area contributed by atoms with Crippen LogP contribution in [-0.4, -0.2) is 16.2 Å². The SMILES string of the molecule is CC1(C)[C@H](C(=O)O)[C@H]1c1ccccc1O. The van der Waals surface area contributed by atoms with Crippen molar-refractivity contribution in [3.05, 3.63) is 29.8 Å². The summed E-state index contributed by atoms with van der Waals surface area (Å²) < 4.78 is 0. The molecule has 2 N–H and O–H groups in total. The quantitative estimate of drug-likeness (QED) is 0.780. The highest BCUT2D eigenvalue weighted by molar-refractivity contribution is 5.78. The number of para-hydroxylation sites is 1. The molecule has 0 aliphatic heterocycles. The Labute approximate surface area is 88.4 Å². The Hall–Kier alpha value is -1.51. The molecule has 1 aliphatic rings. The van der Waals surface area contributed by atoms with Crippen LogP contribution < -0.4 is 0 Å². The van der Waals surface area contributed by atoms with Crippen LogP contribution in [-0.2, 0) is 4.79 Å². The van der Waals surface area contributed by atoms with Crippen molar-refractivity contribution in [2.24, 2.45) is 11.3 Å². The molecule has 3 nitrogen and oxygen atoms in total. The van der Waals surface area contributed by atoms with Crippen molar-refractivity contribution < 1.29 is 15.0 Å². The average Bonchev–Trinajstić information content (AvgIpc) is 2.70. The molecule has 1 fully saturated rings. The fraction of sp³-hybridized carbons (Fsp3) is 0.417. The molecule has 0 unspecified atom stereocenters. The molecule has 1 aromatic rings. The molecule has 0 saturated heterocycles. The molecular formula is C12H14O3. The number of benzene rings is 1. The summed E-state index contributed by atoms with van der Waals surface area (Å²) in [4.78, 5) is 11.0. The molecule has 2 atom stereocenters. The maximum Gasteiger partial charge on any atom is 0.307 e. The van der Waals surface area contributed by atoms with E-state index in [2.05, 4.69) is 0 Å². The highest BCUT2D eigenvalue weighted by Gasteiger charge is 2.63. The van der Waals surface area contributed by atoms with E-state index in [0.717, 1.165) is 5.56 Å². The van der Waals surface area contributed by atoms with Gasteiger partial charge in [0.25, 0.3) is 0 Å². The summed E-state index contributed by atoms with van der Waals surface area (Å²) in [6, 6.07) is 6.96. The molecule has 1 aromatic carbocycles. The van der Waals surface area contributed by atoms with E-state index in [9.17, 15) is 9.90 Å². The van der Waals surface area contributed by atoms with E-state index in [0.29, 0.717) is 0 Å². The molecule has 2 rings (SSSR count). The normalized spacial score (nSPS) is 27.3. The van der Waals surface area contributed by atoms with E-state index in [1.165, 1.54) is 0 Å². The van der Waals surface area contributed by atoms with Crippen molar-refractivity contribution in [3.63, 3.8) is 0 Å². The molecule has 0 radical (unpaired) electrons. The van der Waals surface area contributed by atoms with Gasteiger partial charge in [-0.05, 0) is 17.0 Å². The van der Waals surface area contributed by atoms with Gasteiger partial charge in [-0.2, -0.15) is 0 Å². The zero-order valence-corrected chi connectivity index (χ0v) is 8.77. The zero-order chi connectivity index (χ0) is 11.2. The molecule has 1 aliphatic carbocycles. The number of hydrogen-bond donors (Lipinski definition) is 2. The van der Waals surface area contributed by atoms with Crippen molar-refractivity contribution in [3.8, 4) is 5.75 Å². The standard InChI is InChI=1S/C12H14O3/c1-12(2)9(10(12)11(14)15)7-5-3-4-6-8(7)13/h3-6,9-10,13H,1-2H3,(H,14,15)/t9-,10+/m1/s1. The van der Waals surface area contributed by atoms with E-state index >= 15 is 0 Å². The van der Waals surface area contributed by atoms with Crippen molar-refractivity contribution >= 4 is 5.97 Å². The number of hydrogen-bond acceptors (Lipinski definition) is 2. The lowest BCUT2D eigenvalue weighted by Crippen LogP contribution is -2.03. The summed E-state index contributed by atoms with van der Waals surface area (Å²) in [6.07, 6.45) is 0. The second-order valence-corrected chi connectivity index (χ2v) is 4.67. The first-order valence-electron chi connectivity index (χ1n) is 4.97. The minimum absolute atomic E-state index is 0.0730. The summed E-state index contributed by atoms with van der Waals surface area (Å²) >= 11 is 0. The van der Waals surface area contributed by atoms with Crippen LogP contribution in [0.1, 0.15) is 25.3 Å². The lowest BCUT2D eigenvalue weighted by Gasteiger charge is -2.04. The Balaban J connectivity index is 2.36.